The van der Waals surface area contributed by atoms with Crippen molar-refractivity contribution in [3.63, 3.8) is 0 Å². The van der Waals surface area contributed by atoms with Gasteiger partial charge in [0.2, 0.25) is 5.91 Å². The van der Waals surface area contributed by atoms with Crippen molar-refractivity contribution in [1.82, 2.24) is 10.6 Å². The molecule has 0 aromatic carbocycles. The zero-order chi connectivity index (χ0) is 12.2. The van der Waals surface area contributed by atoms with E-state index in [0.717, 1.165) is 11.3 Å². The summed E-state index contributed by atoms with van der Waals surface area (Å²) in [5.74, 6) is 0.875. The summed E-state index contributed by atoms with van der Waals surface area (Å²) >= 11 is 0. The molecule has 0 fully saturated rings. The lowest BCUT2D eigenvalue weighted by Gasteiger charge is -2.20. The van der Waals surface area contributed by atoms with Gasteiger partial charge in [-0.25, -0.2) is 0 Å². The van der Waals surface area contributed by atoms with E-state index in [9.17, 15) is 4.79 Å². The molecule has 0 bridgehead atoms. The Hall–Kier alpha value is -1.29. The quantitative estimate of drug-likeness (QED) is 0.816. The molecule has 0 aliphatic heterocycles. The van der Waals surface area contributed by atoms with E-state index < -0.39 is 0 Å². The molecule has 2 N–H and O–H groups in total. The summed E-state index contributed by atoms with van der Waals surface area (Å²) in [7, 11) is 0. The monoisotopic (exact) mass is 224 g/mol. The molecular formula is C12H20N2O2. The van der Waals surface area contributed by atoms with Crippen LogP contribution in [0.3, 0.4) is 0 Å². The van der Waals surface area contributed by atoms with Crippen molar-refractivity contribution in [2.75, 3.05) is 6.54 Å². The number of hydrogen-bond acceptors (Lipinski definition) is 3. The van der Waals surface area contributed by atoms with Gasteiger partial charge in [0, 0.05) is 5.54 Å². The molecule has 1 aromatic heterocycles. The van der Waals surface area contributed by atoms with Crippen LogP contribution in [0, 0.1) is 6.92 Å². The molecule has 0 aliphatic rings. The Balaban J connectivity index is 2.26. The summed E-state index contributed by atoms with van der Waals surface area (Å²) in [5.41, 5.74) is 0.919. The number of carbonyl (C=O) groups excluding carboxylic acids is 1. The van der Waals surface area contributed by atoms with Crippen LogP contribution in [0.4, 0.5) is 0 Å². The van der Waals surface area contributed by atoms with Gasteiger partial charge in [-0.05, 0) is 39.3 Å². The Labute approximate surface area is 96.4 Å². The summed E-state index contributed by atoms with van der Waals surface area (Å²) in [5, 5.41) is 5.93. The van der Waals surface area contributed by atoms with Crippen molar-refractivity contribution in [2.45, 2.75) is 39.8 Å². The number of amides is 1. The lowest BCUT2D eigenvalue weighted by Crippen LogP contribution is -2.44. The fourth-order valence-corrected chi connectivity index (χ4v) is 1.34. The third kappa shape index (κ3) is 4.49. The van der Waals surface area contributed by atoms with E-state index in [-0.39, 0.29) is 11.4 Å². The summed E-state index contributed by atoms with van der Waals surface area (Å²) in [6, 6.07) is 1.91. The average Bonchev–Trinajstić information content (AvgIpc) is 2.48. The Morgan fingerprint density at radius 2 is 2.12 bits per heavy atom. The van der Waals surface area contributed by atoms with Crippen LogP contribution in [0.5, 0.6) is 0 Å². The van der Waals surface area contributed by atoms with Gasteiger partial charge in [-0.15, -0.1) is 0 Å². The lowest BCUT2D eigenvalue weighted by atomic mass is 10.1. The van der Waals surface area contributed by atoms with Gasteiger partial charge in [0.15, 0.2) is 0 Å². The highest BCUT2D eigenvalue weighted by Crippen LogP contribution is 2.07. The molecule has 0 radical (unpaired) electrons. The Morgan fingerprint density at radius 3 is 2.62 bits per heavy atom. The normalized spacial score (nSPS) is 11.5. The third-order valence-corrected chi connectivity index (χ3v) is 2.05. The minimum absolute atomic E-state index is 0.00305. The molecule has 1 heterocycles. The van der Waals surface area contributed by atoms with Gasteiger partial charge in [-0.2, -0.15) is 0 Å². The SMILES string of the molecule is Cc1ccoc1CNCC(=O)NC(C)(C)C. The van der Waals surface area contributed by atoms with Crippen molar-refractivity contribution < 1.29 is 9.21 Å². The van der Waals surface area contributed by atoms with Gasteiger partial charge in [-0.1, -0.05) is 0 Å². The van der Waals surface area contributed by atoms with Crippen LogP contribution in [0.15, 0.2) is 16.7 Å². The lowest BCUT2D eigenvalue weighted by molar-refractivity contribution is -0.121. The number of furan rings is 1. The molecule has 1 aromatic rings. The minimum atomic E-state index is -0.181. The molecule has 0 unspecified atom stereocenters. The molecule has 0 aliphatic carbocycles. The third-order valence-electron chi connectivity index (χ3n) is 2.05. The van der Waals surface area contributed by atoms with Crippen molar-refractivity contribution in [3.8, 4) is 0 Å². The number of hydrogen-bond donors (Lipinski definition) is 2. The fourth-order valence-electron chi connectivity index (χ4n) is 1.34. The predicted molar refractivity (Wildman–Crippen MR) is 63.0 cm³/mol. The molecule has 0 spiro atoms. The van der Waals surface area contributed by atoms with Gasteiger partial charge in [0.1, 0.15) is 5.76 Å². The molecule has 4 nitrogen and oxygen atoms in total. The number of carbonyl (C=O) groups is 1. The van der Waals surface area contributed by atoms with Crippen molar-refractivity contribution >= 4 is 5.91 Å². The van der Waals surface area contributed by atoms with Gasteiger partial charge in [0.25, 0.3) is 0 Å². The minimum Gasteiger partial charge on any atom is -0.468 e. The van der Waals surface area contributed by atoms with Gasteiger partial charge >= 0.3 is 0 Å². The number of aryl methyl sites for hydroxylation is 1. The van der Waals surface area contributed by atoms with Crippen LogP contribution in [-0.4, -0.2) is 18.0 Å². The van der Waals surface area contributed by atoms with E-state index >= 15 is 0 Å². The van der Waals surface area contributed by atoms with Crippen LogP contribution >= 0.6 is 0 Å². The predicted octanol–water partition coefficient (Wildman–Crippen LogP) is 1.59. The van der Waals surface area contributed by atoms with E-state index in [1.54, 1.807) is 6.26 Å². The summed E-state index contributed by atoms with van der Waals surface area (Å²) < 4.78 is 5.25. The van der Waals surface area contributed by atoms with Crippen LogP contribution in [0.2, 0.25) is 0 Å². The maximum Gasteiger partial charge on any atom is 0.234 e. The Kier molecular flexibility index (Phi) is 4.12. The number of rotatable bonds is 4. The first-order chi connectivity index (χ1) is 7.38. The van der Waals surface area contributed by atoms with Gasteiger partial charge < -0.3 is 15.1 Å². The zero-order valence-corrected chi connectivity index (χ0v) is 10.4. The standard InChI is InChI=1S/C12H20N2O2/c1-9-5-6-16-10(9)7-13-8-11(15)14-12(2,3)4/h5-6,13H,7-8H2,1-4H3,(H,14,15). The van der Waals surface area contributed by atoms with E-state index in [0.29, 0.717) is 13.1 Å². The molecule has 1 amide bonds. The molecular weight excluding hydrogens is 204 g/mol. The van der Waals surface area contributed by atoms with Crippen molar-refractivity contribution in [1.29, 1.82) is 0 Å². The second-order valence-electron chi connectivity index (χ2n) is 4.93. The van der Waals surface area contributed by atoms with E-state index in [4.69, 9.17) is 4.42 Å². The highest BCUT2D eigenvalue weighted by atomic mass is 16.3. The molecule has 1 rings (SSSR count). The Bertz CT molecular complexity index is 350. The maximum absolute atomic E-state index is 11.5. The molecule has 0 saturated heterocycles. The topological polar surface area (TPSA) is 54.3 Å². The summed E-state index contributed by atoms with van der Waals surface area (Å²) in [6.45, 7) is 8.74. The molecule has 0 atom stereocenters. The highest BCUT2D eigenvalue weighted by Gasteiger charge is 2.13. The van der Waals surface area contributed by atoms with E-state index in [2.05, 4.69) is 10.6 Å². The molecule has 4 heteroatoms. The summed E-state index contributed by atoms with van der Waals surface area (Å²) in [4.78, 5) is 11.5. The first kappa shape index (κ1) is 12.8. The van der Waals surface area contributed by atoms with Crippen LogP contribution < -0.4 is 10.6 Å². The van der Waals surface area contributed by atoms with E-state index in [1.807, 2.05) is 33.8 Å². The van der Waals surface area contributed by atoms with Crippen LogP contribution in [-0.2, 0) is 11.3 Å². The summed E-state index contributed by atoms with van der Waals surface area (Å²) in [6.07, 6.45) is 1.65. The molecule has 90 valence electrons. The maximum atomic E-state index is 11.5. The second kappa shape index (κ2) is 5.16. The fraction of sp³-hybridized carbons (Fsp3) is 0.583. The van der Waals surface area contributed by atoms with Crippen LogP contribution in [0.25, 0.3) is 0 Å². The van der Waals surface area contributed by atoms with E-state index in [1.165, 1.54) is 0 Å². The highest BCUT2D eigenvalue weighted by molar-refractivity contribution is 5.78. The second-order valence-corrected chi connectivity index (χ2v) is 4.93. The average molecular weight is 224 g/mol. The van der Waals surface area contributed by atoms with Crippen LogP contribution in [0.1, 0.15) is 32.1 Å². The first-order valence-corrected chi connectivity index (χ1v) is 5.43. The van der Waals surface area contributed by atoms with Gasteiger partial charge in [0.05, 0.1) is 19.4 Å². The number of nitrogens with one attached hydrogen (secondary N) is 2. The van der Waals surface area contributed by atoms with Gasteiger partial charge in [-0.3, -0.25) is 4.79 Å². The largest absolute Gasteiger partial charge is 0.468 e. The molecule has 0 saturated carbocycles. The molecule has 16 heavy (non-hydrogen) atoms. The van der Waals surface area contributed by atoms with Crippen molar-refractivity contribution in [3.05, 3.63) is 23.7 Å². The first-order valence-electron chi connectivity index (χ1n) is 5.43. The smallest absolute Gasteiger partial charge is 0.234 e. The van der Waals surface area contributed by atoms with Crippen molar-refractivity contribution in [2.24, 2.45) is 0 Å². The Morgan fingerprint density at radius 1 is 1.44 bits per heavy atom. The zero-order valence-electron chi connectivity index (χ0n) is 10.4.